The lowest BCUT2D eigenvalue weighted by Gasteiger charge is -2.32. The molecule has 0 aliphatic rings. The minimum atomic E-state index is -4.12. The van der Waals surface area contributed by atoms with Crippen LogP contribution in [-0.2, 0) is 19.6 Å². The molecular weight excluding hydrogens is 454 g/mol. The SMILES string of the molecule is COC(CN([C@@H](CC(C)C)C(N)=O)S(=O)(=O)c1ccc(Cl)cc1)c1ccc(C(N)=O)cc1. The average Bonchev–Trinajstić information content (AvgIpc) is 2.73. The molecule has 0 aromatic heterocycles. The predicted octanol–water partition coefficient (Wildman–Crippen LogP) is 2.72. The molecule has 0 aliphatic carbocycles. The number of methoxy groups -OCH3 is 1. The van der Waals surface area contributed by atoms with E-state index in [1.165, 1.54) is 43.5 Å². The Bertz CT molecular complexity index is 1040. The number of carbonyl (C=O) groups is 2. The van der Waals surface area contributed by atoms with Crippen LogP contribution in [0.3, 0.4) is 0 Å². The van der Waals surface area contributed by atoms with Gasteiger partial charge in [0.25, 0.3) is 0 Å². The molecule has 0 spiro atoms. The molecule has 0 saturated carbocycles. The molecule has 2 atom stereocenters. The normalized spacial score (nSPS) is 13.8. The lowest BCUT2D eigenvalue weighted by atomic mass is 10.0. The molecule has 2 aromatic carbocycles. The molecular formula is C22H28ClN3O5S. The van der Waals surface area contributed by atoms with Crippen LogP contribution in [0.2, 0.25) is 5.02 Å². The van der Waals surface area contributed by atoms with Crippen molar-refractivity contribution in [3.05, 3.63) is 64.7 Å². The van der Waals surface area contributed by atoms with E-state index in [4.69, 9.17) is 27.8 Å². The number of hydrogen-bond donors (Lipinski definition) is 2. The molecule has 1 unspecified atom stereocenters. The summed E-state index contributed by atoms with van der Waals surface area (Å²) in [6.07, 6.45) is -0.493. The highest BCUT2D eigenvalue weighted by Crippen LogP contribution is 2.28. The van der Waals surface area contributed by atoms with Crippen LogP contribution in [0.25, 0.3) is 0 Å². The molecule has 32 heavy (non-hydrogen) atoms. The molecule has 0 saturated heterocycles. The summed E-state index contributed by atoms with van der Waals surface area (Å²) in [6.45, 7) is 3.58. The third kappa shape index (κ3) is 6.29. The van der Waals surface area contributed by atoms with Crippen molar-refractivity contribution in [2.75, 3.05) is 13.7 Å². The number of amides is 2. The van der Waals surface area contributed by atoms with Gasteiger partial charge in [-0.05, 0) is 54.3 Å². The molecule has 0 bridgehead atoms. The van der Waals surface area contributed by atoms with Gasteiger partial charge in [-0.15, -0.1) is 0 Å². The van der Waals surface area contributed by atoms with Gasteiger partial charge in [-0.25, -0.2) is 8.42 Å². The van der Waals surface area contributed by atoms with Crippen molar-refractivity contribution in [1.82, 2.24) is 4.31 Å². The number of primary amides is 2. The van der Waals surface area contributed by atoms with Gasteiger partial charge in [0.05, 0.1) is 11.0 Å². The summed E-state index contributed by atoms with van der Waals surface area (Å²) < 4.78 is 33.7. The predicted molar refractivity (Wildman–Crippen MR) is 122 cm³/mol. The number of benzene rings is 2. The van der Waals surface area contributed by atoms with E-state index in [1.54, 1.807) is 12.1 Å². The molecule has 10 heteroatoms. The van der Waals surface area contributed by atoms with E-state index in [0.717, 1.165) is 4.31 Å². The molecule has 2 amide bonds. The van der Waals surface area contributed by atoms with Gasteiger partial charge >= 0.3 is 0 Å². The molecule has 2 rings (SSSR count). The van der Waals surface area contributed by atoms with E-state index in [9.17, 15) is 18.0 Å². The van der Waals surface area contributed by atoms with Gasteiger partial charge in [-0.2, -0.15) is 4.31 Å². The van der Waals surface area contributed by atoms with Crippen LogP contribution in [0.15, 0.2) is 53.4 Å². The summed E-state index contributed by atoms with van der Waals surface area (Å²) in [7, 11) is -2.69. The fraction of sp³-hybridized carbons (Fsp3) is 0.364. The Balaban J connectivity index is 2.52. The molecule has 0 aliphatic heterocycles. The van der Waals surface area contributed by atoms with Crippen LogP contribution in [0.5, 0.6) is 0 Å². The number of ether oxygens (including phenoxy) is 1. The van der Waals surface area contributed by atoms with Crippen LogP contribution in [0, 0.1) is 5.92 Å². The molecule has 8 nitrogen and oxygen atoms in total. The second-order valence-electron chi connectivity index (χ2n) is 7.79. The fourth-order valence-electron chi connectivity index (χ4n) is 3.30. The highest BCUT2D eigenvalue weighted by molar-refractivity contribution is 7.89. The maximum absolute atomic E-state index is 13.6. The monoisotopic (exact) mass is 481 g/mol. The average molecular weight is 482 g/mol. The van der Waals surface area contributed by atoms with E-state index < -0.39 is 34.0 Å². The minimum Gasteiger partial charge on any atom is -0.375 e. The van der Waals surface area contributed by atoms with Gasteiger partial charge in [-0.3, -0.25) is 9.59 Å². The number of hydrogen-bond acceptors (Lipinski definition) is 5. The minimum absolute atomic E-state index is 0.00580. The van der Waals surface area contributed by atoms with E-state index in [0.29, 0.717) is 16.1 Å². The Morgan fingerprint density at radius 3 is 2.03 bits per heavy atom. The third-order valence-corrected chi connectivity index (χ3v) is 7.13. The van der Waals surface area contributed by atoms with Crippen molar-refractivity contribution < 1.29 is 22.7 Å². The van der Waals surface area contributed by atoms with E-state index in [2.05, 4.69) is 0 Å². The number of rotatable bonds is 11. The summed E-state index contributed by atoms with van der Waals surface area (Å²) in [4.78, 5) is 23.7. The third-order valence-electron chi connectivity index (χ3n) is 4.99. The second-order valence-corrected chi connectivity index (χ2v) is 10.1. The molecule has 0 fully saturated rings. The molecule has 2 aromatic rings. The van der Waals surface area contributed by atoms with Gasteiger partial charge in [0.1, 0.15) is 6.04 Å². The molecule has 4 N–H and O–H groups in total. The summed E-state index contributed by atoms with van der Waals surface area (Å²) >= 11 is 5.91. The van der Waals surface area contributed by atoms with Gasteiger partial charge in [-0.1, -0.05) is 37.6 Å². The summed E-state index contributed by atoms with van der Waals surface area (Å²) in [5.41, 5.74) is 11.8. The summed E-state index contributed by atoms with van der Waals surface area (Å²) in [5, 5.41) is 0.383. The topological polar surface area (TPSA) is 133 Å². The van der Waals surface area contributed by atoms with Crippen LogP contribution >= 0.6 is 11.6 Å². The van der Waals surface area contributed by atoms with Gasteiger partial charge in [0, 0.05) is 24.2 Å². The largest absolute Gasteiger partial charge is 0.375 e. The Hall–Kier alpha value is -2.46. The summed E-state index contributed by atoms with van der Waals surface area (Å²) in [6, 6.07) is 10.9. The Labute approximate surface area is 193 Å². The van der Waals surface area contributed by atoms with Crippen LogP contribution in [0.4, 0.5) is 0 Å². The first-order valence-corrected chi connectivity index (χ1v) is 11.8. The molecule has 0 radical (unpaired) electrons. The van der Waals surface area contributed by atoms with Gasteiger partial charge in [0.15, 0.2) is 0 Å². The number of sulfonamides is 1. The number of carbonyl (C=O) groups excluding carboxylic acids is 2. The van der Waals surface area contributed by atoms with Crippen LogP contribution in [-0.4, -0.2) is 44.2 Å². The number of nitrogens with two attached hydrogens (primary N) is 2. The summed E-state index contributed by atoms with van der Waals surface area (Å²) in [5.74, 6) is -1.33. The first-order valence-electron chi connectivity index (χ1n) is 9.96. The smallest absolute Gasteiger partial charge is 0.248 e. The lowest BCUT2D eigenvalue weighted by Crippen LogP contribution is -2.50. The van der Waals surface area contributed by atoms with Crippen molar-refractivity contribution in [3.63, 3.8) is 0 Å². The standard InChI is InChI=1S/C22H28ClN3O5S/c1-14(2)12-19(22(25)28)26(32(29,30)18-10-8-17(23)9-11-18)13-20(31-3)15-4-6-16(7-5-15)21(24)27/h4-11,14,19-20H,12-13H2,1-3H3,(H2,24,27)(H2,25,28)/t19-,20?/m0/s1. The van der Waals surface area contributed by atoms with E-state index in [-0.39, 0.29) is 23.8 Å². The van der Waals surface area contributed by atoms with Crippen molar-refractivity contribution in [2.24, 2.45) is 17.4 Å². The second kappa shape index (κ2) is 10.9. The quantitative estimate of drug-likeness (QED) is 0.509. The van der Waals surface area contributed by atoms with Crippen LogP contribution in [0.1, 0.15) is 42.3 Å². The zero-order chi connectivity index (χ0) is 24.1. The number of halogens is 1. The van der Waals surface area contributed by atoms with Crippen molar-refractivity contribution in [1.29, 1.82) is 0 Å². The maximum atomic E-state index is 13.6. The maximum Gasteiger partial charge on any atom is 0.248 e. The Kier molecular flexibility index (Phi) is 8.80. The van der Waals surface area contributed by atoms with E-state index >= 15 is 0 Å². The highest BCUT2D eigenvalue weighted by Gasteiger charge is 2.37. The molecule has 0 heterocycles. The van der Waals surface area contributed by atoms with Crippen molar-refractivity contribution in [3.8, 4) is 0 Å². The first-order chi connectivity index (χ1) is 15.0. The van der Waals surface area contributed by atoms with Crippen molar-refractivity contribution in [2.45, 2.75) is 37.3 Å². The fourth-order valence-corrected chi connectivity index (χ4v) is 5.03. The van der Waals surface area contributed by atoms with E-state index in [1.807, 2.05) is 13.8 Å². The molecule has 174 valence electrons. The highest BCUT2D eigenvalue weighted by atomic mass is 35.5. The lowest BCUT2D eigenvalue weighted by molar-refractivity contribution is -0.122. The number of nitrogens with zero attached hydrogens (tertiary/aromatic N) is 1. The Morgan fingerprint density at radius 2 is 1.59 bits per heavy atom. The van der Waals surface area contributed by atoms with Gasteiger partial charge in [0.2, 0.25) is 21.8 Å². The van der Waals surface area contributed by atoms with Crippen molar-refractivity contribution >= 4 is 33.4 Å². The zero-order valence-corrected chi connectivity index (χ0v) is 19.8. The van der Waals surface area contributed by atoms with Gasteiger partial charge < -0.3 is 16.2 Å². The Morgan fingerprint density at radius 1 is 1.03 bits per heavy atom. The first kappa shape index (κ1) is 25.8. The van der Waals surface area contributed by atoms with Crippen LogP contribution < -0.4 is 11.5 Å². The zero-order valence-electron chi connectivity index (χ0n) is 18.2.